The van der Waals surface area contributed by atoms with Crippen LogP contribution in [0.3, 0.4) is 0 Å². The summed E-state index contributed by atoms with van der Waals surface area (Å²) >= 11 is 0. The van der Waals surface area contributed by atoms with Crippen LogP contribution in [-0.2, 0) is 16.8 Å². The molecule has 2 aromatic carbocycles. The molecule has 1 amide bonds. The van der Waals surface area contributed by atoms with E-state index in [2.05, 4.69) is 17.1 Å². The highest BCUT2D eigenvalue weighted by molar-refractivity contribution is 6.06. The zero-order valence-electron chi connectivity index (χ0n) is 17.4. The Hall–Kier alpha value is -2.99. The van der Waals surface area contributed by atoms with Crippen molar-refractivity contribution in [2.24, 2.45) is 0 Å². The first-order chi connectivity index (χ1) is 14.6. The number of piperidine rings is 1. The summed E-state index contributed by atoms with van der Waals surface area (Å²) in [7, 11) is 3.32. The van der Waals surface area contributed by atoms with E-state index in [0.29, 0.717) is 19.7 Å². The summed E-state index contributed by atoms with van der Waals surface area (Å²) in [4.78, 5) is 18.4. The average molecular weight is 406 g/mol. The largest absolute Gasteiger partial charge is 0.493 e. The predicted molar refractivity (Wildman–Crippen MR) is 114 cm³/mol. The van der Waals surface area contributed by atoms with Gasteiger partial charge in [0.25, 0.3) is 5.91 Å². The van der Waals surface area contributed by atoms with Gasteiger partial charge in [-0.3, -0.25) is 4.79 Å². The first-order valence-electron chi connectivity index (χ1n) is 10.4. The Labute approximate surface area is 175 Å². The maximum atomic E-state index is 13.2. The Morgan fingerprint density at radius 1 is 1.10 bits per heavy atom. The minimum Gasteiger partial charge on any atom is -0.493 e. The Morgan fingerprint density at radius 3 is 2.63 bits per heavy atom. The molecule has 1 N–H and O–H groups in total. The SMILES string of the molecule is COc1cc2c(cc1OC)C1(CCN(C(=O)c3cccc4[nH]ccc34)CC1)OCC2. The molecule has 6 nitrogen and oxygen atoms in total. The number of aromatic nitrogens is 1. The fourth-order valence-corrected chi connectivity index (χ4v) is 4.91. The summed E-state index contributed by atoms with van der Waals surface area (Å²) in [5.41, 5.74) is 3.78. The van der Waals surface area contributed by atoms with Crippen molar-refractivity contribution in [2.45, 2.75) is 24.9 Å². The van der Waals surface area contributed by atoms with Gasteiger partial charge in [-0.25, -0.2) is 0 Å². The molecule has 30 heavy (non-hydrogen) atoms. The van der Waals surface area contributed by atoms with E-state index in [0.717, 1.165) is 47.2 Å². The van der Waals surface area contributed by atoms with Gasteiger partial charge in [-0.1, -0.05) is 6.07 Å². The summed E-state index contributed by atoms with van der Waals surface area (Å²) in [6.07, 6.45) is 4.27. The standard InChI is InChI=1S/C24H26N2O4/c1-28-21-14-16-7-13-30-24(19(16)15-22(21)29-2)8-11-26(12-9-24)23(27)18-4-3-5-20-17(18)6-10-25-20/h3-6,10,14-15,25H,7-9,11-13H2,1-2H3. The highest BCUT2D eigenvalue weighted by atomic mass is 16.5. The molecule has 1 saturated heterocycles. The van der Waals surface area contributed by atoms with Crippen LogP contribution in [0.5, 0.6) is 11.5 Å². The molecule has 156 valence electrons. The second kappa shape index (κ2) is 7.36. The molecule has 3 heterocycles. The Kier molecular flexibility index (Phi) is 4.66. The lowest BCUT2D eigenvalue weighted by molar-refractivity contribution is -0.0936. The van der Waals surface area contributed by atoms with E-state index in [4.69, 9.17) is 14.2 Å². The number of fused-ring (bicyclic) bond motifs is 3. The van der Waals surface area contributed by atoms with Crippen LogP contribution in [0.4, 0.5) is 0 Å². The van der Waals surface area contributed by atoms with Crippen molar-refractivity contribution >= 4 is 16.8 Å². The lowest BCUT2D eigenvalue weighted by Gasteiger charge is -2.45. The zero-order chi connectivity index (χ0) is 20.7. The molecule has 0 atom stereocenters. The fraction of sp³-hybridized carbons (Fsp3) is 0.375. The van der Waals surface area contributed by atoms with E-state index in [1.165, 1.54) is 11.1 Å². The second-order valence-corrected chi connectivity index (χ2v) is 7.99. The minimum absolute atomic E-state index is 0.0818. The molecule has 2 aliphatic heterocycles. The van der Waals surface area contributed by atoms with Gasteiger partial charge < -0.3 is 24.1 Å². The molecular formula is C24H26N2O4. The summed E-state index contributed by atoms with van der Waals surface area (Å²) in [6, 6.07) is 11.9. The number of H-pyrrole nitrogens is 1. The van der Waals surface area contributed by atoms with Gasteiger partial charge in [-0.2, -0.15) is 0 Å². The lowest BCUT2D eigenvalue weighted by Crippen LogP contribution is -2.48. The van der Waals surface area contributed by atoms with Crippen molar-refractivity contribution in [2.75, 3.05) is 33.9 Å². The van der Waals surface area contributed by atoms with Gasteiger partial charge >= 0.3 is 0 Å². The van der Waals surface area contributed by atoms with Crippen LogP contribution in [0.1, 0.15) is 34.3 Å². The molecule has 0 aliphatic carbocycles. The van der Waals surface area contributed by atoms with Gasteiger partial charge in [0.05, 0.1) is 26.4 Å². The normalized spacial score (nSPS) is 17.7. The van der Waals surface area contributed by atoms with Crippen molar-refractivity contribution in [3.8, 4) is 11.5 Å². The number of carbonyl (C=O) groups excluding carboxylic acids is 1. The van der Waals surface area contributed by atoms with Crippen LogP contribution in [0.25, 0.3) is 10.9 Å². The third kappa shape index (κ3) is 2.94. The van der Waals surface area contributed by atoms with Gasteiger partial charge in [0.1, 0.15) is 0 Å². The maximum Gasteiger partial charge on any atom is 0.254 e. The van der Waals surface area contributed by atoms with Crippen molar-refractivity contribution < 1.29 is 19.0 Å². The van der Waals surface area contributed by atoms with Crippen LogP contribution >= 0.6 is 0 Å². The van der Waals surface area contributed by atoms with Gasteiger partial charge in [-0.05, 0) is 60.7 Å². The van der Waals surface area contributed by atoms with Crippen molar-refractivity contribution in [1.82, 2.24) is 9.88 Å². The lowest BCUT2D eigenvalue weighted by atomic mass is 9.79. The molecule has 1 spiro atoms. The number of hydrogen-bond donors (Lipinski definition) is 1. The topological polar surface area (TPSA) is 63.8 Å². The molecular weight excluding hydrogens is 380 g/mol. The molecule has 0 bridgehead atoms. The molecule has 0 saturated carbocycles. The molecule has 0 unspecified atom stereocenters. The number of aromatic amines is 1. The van der Waals surface area contributed by atoms with Crippen molar-refractivity contribution in [3.05, 3.63) is 59.3 Å². The van der Waals surface area contributed by atoms with E-state index in [1.807, 2.05) is 35.4 Å². The average Bonchev–Trinajstić information content (AvgIpc) is 3.27. The van der Waals surface area contributed by atoms with E-state index in [-0.39, 0.29) is 11.5 Å². The number of amides is 1. The van der Waals surface area contributed by atoms with E-state index >= 15 is 0 Å². The number of rotatable bonds is 3. The number of nitrogens with one attached hydrogen (secondary N) is 1. The molecule has 3 aromatic rings. The molecule has 0 radical (unpaired) electrons. The molecule has 6 heteroatoms. The minimum atomic E-state index is -0.371. The Morgan fingerprint density at radius 2 is 1.87 bits per heavy atom. The molecule has 1 aromatic heterocycles. The summed E-state index contributed by atoms with van der Waals surface area (Å²) < 4.78 is 17.4. The van der Waals surface area contributed by atoms with Crippen LogP contribution in [0.15, 0.2) is 42.6 Å². The third-order valence-electron chi connectivity index (χ3n) is 6.53. The van der Waals surface area contributed by atoms with E-state index < -0.39 is 0 Å². The predicted octanol–water partition coefficient (Wildman–Crippen LogP) is 3.89. The maximum absolute atomic E-state index is 13.2. The Balaban J connectivity index is 1.41. The van der Waals surface area contributed by atoms with Gasteiger partial charge in [0.15, 0.2) is 11.5 Å². The number of ether oxygens (including phenoxy) is 3. The zero-order valence-corrected chi connectivity index (χ0v) is 17.4. The summed E-state index contributed by atoms with van der Waals surface area (Å²) in [5, 5.41) is 0.971. The monoisotopic (exact) mass is 406 g/mol. The number of nitrogens with zero attached hydrogens (tertiary/aromatic N) is 1. The van der Waals surface area contributed by atoms with Gasteiger partial charge in [-0.15, -0.1) is 0 Å². The number of methoxy groups -OCH3 is 2. The Bertz CT molecular complexity index is 1100. The number of hydrogen-bond acceptors (Lipinski definition) is 4. The number of carbonyl (C=O) groups is 1. The molecule has 2 aliphatic rings. The molecule has 5 rings (SSSR count). The highest BCUT2D eigenvalue weighted by Crippen LogP contribution is 2.45. The van der Waals surface area contributed by atoms with Crippen LogP contribution in [0.2, 0.25) is 0 Å². The number of likely N-dealkylation sites (tertiary alicyclic amines) is 1. The smallest absolute Gasteiger partial charge is 0.254 e. The first kappa shape index (κ1) is 19.0. The molecule has 1 fully saturated rings. The summed E-state index contributed by atoms with van der Waals surface area (Å²) in [5.74, 6) is 1.55. The fourth-order valence-electron chi connectivity index (χ4n) is 4.91. The van der Waals surface area contributed by atoms with E-state index in [9.17, 15) is 4.79 Å². The first-order valence-corrected chi connectivity index (χ1v) is 10.4. The number of benzene rings is 2. The van der Waals surface area contributed by atoms with Crippen molar-refractivity contribution in [1.29, 1.82) is 0 Å². The van der Waals surface area contributed by atoms with Crippen LogP contribution in [0, 0.1) is 0 Å². The summed E-state index contributed by atoms with van der Waals surface area (Å²) in [6.45, 7) is 2.00. The van der Waals surface area contributed by atoms with Crippen molar-refractivity contribution in [3.63, 3.8) is 0 Å². The van der Waals surface area contributed by atoms with Crippen LogP contribution < -0.4 is 9.47 Å². The van der Waals surface area contributed by atoms with E-state index in [1.54, 1.807) is 14.2 Å². The quantitative estimate of drug-likeness (QED) is 0.717. The third-order valence-corrected chi connectivity index (χ3v) is 6.53. The van der Waals surface area contributed by atoms with Gasteiger partial charge in [0.2, 0.25) is 0 Å². The second-order valence-electron chi connectivity index (χ2n) is 7.99. The van der Waals surface area contributed by atoms with Gasteiger partial charge in [0, 0.05) is 35.8 Å². The highest BCUT2D eigenvalue weighted by Gasteiger charge is 2.42. The van der Waals surface area contributed by atoms with Crippen LogP contribution in [-0.4, -0.2) is 49.7 Å².